The first-order valence-electron chi connectivity index (χ1n) is 7.21. The highest BCUT2D eigenvalue weighted by Crippen LogP contribution is 2.23. The van der Waals surface area contributed by atoms with E-state index >= 15 is 0 Å². The van der Waals surface area contributed by atoms with Crippen LogP contribution in [0.4, 0.5) is 15.3 Å². The van der Waals surface area contributed by atoms with E-state index in [0.29, 0.717) is 11.3 Å². The second-order valence-electron chi connectivity index (χ2n) is 5.08. The van der Waals surface area contributed by atoms with E-state index in [2.05, 4.69) is 10.6 Å². The minimum atomic E-state index is -0.961. The van der Waals surface area contributed by atoms with Crippen LogP contribution in [0.1, 0.15) is 17.2 Å². The fourth-order valence-electron chi connectivity index (χ4n) is 2.19. The van der Waals surface area contributed by atoms with Gasteiger partial charge in [0.2, 0.25) is 6.10 Å². The molecule has 1 atom stereocenters. The van der Waals surface area contributed by atoms with Crippen LogP contribution in [0, 0.1) is 0 Å². The third-order valence-corrected chi connectivity index (χ3v) is 3.36. The Morgan fingerprint density at radius 1 is 1.08 bits per heavy atom. The van der Waals surface area contributed by atoms with Crippen molar-refractivity contribution in [1.82, 2.24) is 5.32 Å². The Labute approximate surface area is 137 Å². The van der Waals surface area contributed by atoms with Crippen molar-refractivity contribution >= 4 is 23.8 Å². The summed E-state index contributed by atoms with van der Waals surface area (Å²) in [6.45, 7) is 0.170. The molecule has 1 unspecified atom stereocenters. The fourth-order valence-corrected chi connectivity index (χ4v) is 2.19. The third kappa shape index (κ3) is 3.70. The lowest BCUT2D eigenvalue weighted by molar-refractivity contribution is -0.123. The van der Waals surface area contributed by atoms with Crippen LogP contribution in [0.5, 0.6) is 0 Å². The summed E-state index contributed by atoms with van der Waals surface area (Å²) >= 11 is 0. The molecular weight excluding hydrogens is 312 g/mol. The van der Waals surface area contributed by atoms with Gasteiger partial charge in [0.05, 0.1) is 0 Å². The Balaban J connectivity index is 1.55. The van der Waals surface area contributed by atoms with Crippen molar-refractivity contribution in [3.63, 3.8) is 0 Å². The molecule has 1 fully saturated rings. The zero-order valence-electron chi connectivity index (χ0n) is 12.5. The van der Waals surface area contributed by atoms with E-state index in [4.69, 9.17) is 9.47 Å². The molecule has 0 bridgehead atoms. The molecule has 2 N–H and O–H groups in total. The fraction of sp³-hybridized carbons (Fsp3) is 0.118. The quantitative estimate of drug-likeness (QED) is 0.901. The summed E-state index contributed by atoms with van der Waals surface area (Å²) in [5.41, 5.74) is 1.90. The summed E-state index contributed by atoms with van der Waals surface area (Å²) in [5.74, 6) is -0.511. The SMILES string of the molecule is O=C(Nc1ccc(C2OC(=O)NC2=O)cc1)OCc1ccccc1. The molecule has 122 valence electrons. The number of ether oxygens (including phenoxy) is 2. The maximum absolute atomic E-state index is 11.8. The van der Waals surface area contributed by atoms with E-state index in [1.54, 1.807) is 24.3 Å². The molecule has 2 aromatic rings. The van der Waals surface area contributed by atoms with Gasteiger partial charge in [-0.3, -0.25) is 15.4 Å². The number of imide groups is 1. The number of rotatable bonds is 4. The van der Waals surface area contributed by atoms with Crippen molar-refractivity contribution in [2.75, 3.05) is 5.32 Å². The monoisotopic (exact) mass is 326 g/mol. The van der Waals surface area contributed by atoms with E-state index in [1.807, 2.05) is 30.3 Å². The Morgan fingerprint density at radius 3 is 2.42 bits per heavy atom. The van der Waals surface area contributed by atoms with Crippen LogP contribution in [0.15, 0.2) is 54.6 Å². The molecule has 0 radical (unpaired) electrons. The molecule has 7 nitrogen and oxygen atoms in total. The van der Waals surface area contributed by atoms with Gasteiger partial charge >= 0.3 is 12.2 Å². The van der Waals surface area contributed by atoms with Gasteiger partial charge in [-0.15, -0.1) is 0 Å². The number of carbonyl (C=O) groups is 3. The highest BCUT2D eigenvalue weighted by molar-refractivity contribution is 6.00. The lowest BCUT2D eigenvalue weighted by Crippen LogP contribution is -2.20. The van der Waals surface area contributed by atoms with Gasteiger partial charge in [-0.05, 0) is 17.7 Å². The average molecular weight is 326 g/mol. The van der Waals surface area contributed by atoms with Gasteiger partial charge in [0.25, 0.3) is 5.91 Å². The smallest absolute Gasteiger partial charge is 0.415 e. The molecule has 0 aliphatic carbocycles. The first kappa shape index (κ1) is 15.5. The maximum Gasteiger partial charge on any atom is 0.415 e. The van der Waals surface area contributed by atoms with Gasteiger partial charge in [0.15, 0.2) is 0 Å². The Hall–Kier alpha value is -3.35. The van der Waals surface area contributed by atoms with Crippen LogP contribution in [-0.4, -0.2) is 18.1 Å². The second-order valence-corrected chi connectivity index (χ2v) is 5.08. The Morgan fingerprint density at radius 2 is 1.79 bits per heavy atom. The topological polar surface area (TPSA) is 93.7 Å². The molecular formula is C17H14N2O5. The molecule has 1 aliphatic rings. The second kappa shape index (κ2) is 6.82. The highest BCUT2D eigenvalue weighted by Gasteiger charge is 2.33. The van der Waals surface area contributed by atoms with Crippen LogP contribution in [0.2, 0.25) is 0 Å². The molecule has 0 aromatic heterocycles. The molecule has 2 aromatic carbocycles. The highest BCUT2D eigenvalue weighted by atomic mass is 16.6. The average Bonchev–Trinajstić information content (AvgIpc) is 2.93. The number of carbonyl (C=O) groups excluding carboxylic acids is 3. The van der Waals surface area contributed by atoms with Crippen LogP contribution in [0.25, 0.3) is 0 Å². The summed E-state index contributed by atoms with van der Waals surface area (Å²) in [6.07, 6.45) is -2.31. The van der Waals surface area contributed by atoms with Gasteiger partial charge in [-0.25, -0.2) is 9.59 Å². The van der Waals surface area contributed by atoms with Gasteiger partial charge in [-0.1, -0.05) is 42.5 Å². The molecule has 7 heteroatoms. The van der Waals surface area contributed by atoms with Gasteiger partial charge in [0.1, 0.15) is 6.61 Å². The molecule has 0 spiro atoms. The number of hydrogen-bond acceptors (Lipinski definition) is 5. The number of alkyl carbamates (subject to hydrolysis) is 1. The van der Waals surface area contributed by atoms with Crippen molar-refractivity contribution < 1.29 is 23.9 Å². The van der Waals surface area contributed by atoms with Gasteiger partial charge in [0, 0.05) is 11.3 Å². The predicted octanol–water partition coefficient (Wildman–Crippen LogP) is 2.74. The molecule has 3 rings (SSSR count). The van der Waals surface area contributed by atoms with Crippen LogP contribution in [0.3, 0.4) is 0 Å². The number of amides is 3. The largest absolute Gasteiger partial charge is 0.444 e. The van der Waals surface area contributed by atoms with Crippen molar-refractivity contribution in [1.29, 1.82) is 0 Å². The molecule has 24 heavy (non-hydrogen) atoms. The number of anilines is 1. The minimum absolute atomic E-state index is 0.170. The summed E-state index contributed by atoms with van der Waals surface area (Å²) < 4.78 is 9.97. The van der Waals surface area contributed by atoms with Crippen LogP contribution < -0.4 is 10.6 Å². The number of benzene rings is 2. The maximum atomic E-state index is 11.8. The summed E-state index contributed by atoms with van der Waals surface area (Å²) in [5, 5.41) is 4.64. The van der Waals surface area contributed by atoms with Crippen molar-refractivity contribution in [3.05, 3.63) is 65.7 Å². The Kier molecular flexibility index (Phi) is 4.42. The van der Waals surface area contributed by atoms with E-state index in [-0.39, 0.29) is 6.61 Å². The molecule has 1 saturated heterocycles. The Bertz CT molecular complexity index is 758. The number of cyclic esters (lactones) is 1. The summed E-state index contributed by atoms with van der Waals surface area (Å²) in [4.78, 5) is 34.3. The van der Waals surface area contributed by atoms with Gasteiger partial charge in [-0.2, -0.15) is 0 Å². The van der Waals surface area contributed by atoms with Crippen LogP contribution >= 0.6 is 0 Å². The zero-order chi connectivity index (χ0) is 16.9. The normalized spacial score (nSPS) is 16.2. The molecule has 1 heterocycles. The lowest BCUT2D eigenvalue weighted by Gasteiger charge is -2.09. The number of hydrogen-bond donors (Lipinski definition) is 2. The number of nitrogens with one attached hydrogen (secondary N) is 2. The predicted molar refractivity (Wildman–Crippen MR) is 84.1 cm³/mol. The summed E-state index contributed by atoms with van der Waals surface area (Å²) in [6, 6.07) is 15.7. The van der Waals surface area contributed by atoms with E-state index in [9.17, 15) is 14.4 Å². The van der Waals surface area contributed by atoms with E-state index in [1.165, 1.54) is 0 Å². The first-order chi connectivity index (χ1) is 11.6. The summed E-state index contributed by atoms with van der Waals surface area (Å²) in [7, 11) is 0. The van der Waals surface area contributed by atoms with Gasteiger partial charge < -0.3 is 9.47 Å². The van der Waals surface area contributed by atoms with Crippen molar-refractivity contribution in [2.24, 2.45) is 0 Å². The molecule has 1 aliphatic heterocycles. The zero-order valence-corrected chi connectivity index (χ0v) is 12.5. The molecule has 0 saturated carbocycles. The van der Waals surface area contributed by atoms with Crippen molar-refractivity contribution in [2.45, 2.75) is 12.7 Å². The third-order valence-electron chi connectivity index (χ3n) is 3.36. The first-order valence-corrected chi connectivity index (χ1v) is 7.21. The minimum Gasteiger partial charge on any atom is -0.444 e. The van der Waals surface area contributed by atoms with Crippen molar-refractivity contribution in [3.8, 4) is 0 Å². The standard InChI is InChI=1S/C17H14N2O5/c20-15-14(24-17(22)19-15)12-6-8-13(9-7-12)18-16(21)23-10-11-4-2-1-3-5-11/h1-9,14H,10H2,(H,18,21)(H,19,20,22). The molecule has 3 amide bonds. The van der Waals surface area contributed by atoms with E-state index in [0.717, 1.165) is 5.56 Å². The lowest BCUT2D eigenvalue weighted by atomic mass is 10.1. The van der Waals surface area contributed by atoms with Crippen LogP contribution in [-0.2, 0) is 20.9 Å². The van der Waals surface area contributed by atoms with E-state index < -0.39 is 24.2 Å².